The second kappa shape index (κ2) is 6.10. The summed E-state index contributed by atoms with van der Waals surface area (Å²) < 4.78 is 0. The number of nitrogens with one attached hydrogen (secondary N) is 1. The van der Waals surface area contributed by atoms with Crippen LogP contribution in [-0.4, -0.2) is 9.97 Å². The van der Waals surface area contributed by atoms with Crippen LogP contribution < -0.4 is 0 Å². The molecule has 0 fully saturated rings. The monoisotopic (exact) mass is 336 g/mol. The number of imidazole rings is 1. The van der Waals surface area contributed by atoms with Crippen molar-refractivity contribution in [1.82, 2.24) is 9.97 Å². The lowest BCUT2D eigenvalue weighted by atomic mass is 10.1. The highest BCUT2D eigenvalue weighted by atomic mass is 35.5. The van der Waals surface area contributed by atoms with Gasteiger partial charge in [0.05, 0.1) is 16.9 Å². The Morgan fingerprint density at radius 1 is 0.905 bits per heavy atom. The van der Waals surface area contributed by atoms with Gasteiger partial charge in [-0.05, 0) is 35.9 Å². The van der Waals surface area contributed by atoms with E-state index in [-0.39, 0.29) is 0 Å². The predicted octanol–water partition coefficient (Wildman–Crippen LogP) is 5.63. The number of halogens is 3. The van der Waals surface area contributed by atoms with Gasteiger partial charge in [-0.1, -0.05) is 46.9 Å². The third-order valence-corrected chi connectivity index (χ3v) is 3.95. The standard InChI is InChI=1S/C16H11Cl3N2/c17-11-3-1-10(2-4-11)7-16-20-9-15(21-16)13-8-12(18)5-6-14(13)19/h1-6,8-9H,7H2,(H,20,21). The molecule has 0 bridgehead atoms. The van der Waals surface area contributed by atoms with Crippen LogP contribution in [0.15, 0.2) is 48.7 Å². The van der Waals surface area contributed by atoms with E-state index in [9.17, 15) is 0 Å². The Bertz CT molecular complexity index is 763. The fraction of sp³-hybridized carbons (Fsp3) is 0.0625. The zero-order valence-corrected chi connectivity index (χ0v) is 13.2. The third-order valence-electron chi connectivity index (χ3n) is 3.13. The molecule has 0 atom stereocenters. The Morgan fingerprint density at radius 3 is 2.38 bits per heavy atom. The van der Waals surface area contributed by atoms with Crippen LogP contribution in [0.4, 0.5) is 0 Å². The molecule has 106 valence electrons. The first-order valence-corrected chi connectivity index (χ1v) is 7.49. The van der Waals surface area contributed by atoms with Gasteiger partial charge in [-0.25, -0.2) is 4.98 Å². The maximum Gasteiger partial charge on any atom is 0.110 e. The van der Waals surface area contributed by atoms with Gasteiger partial charge in [0.25, 0.3) is 0 Å². The lowest BCUT2D eigenvalue weighted by Crippen LogP contribution is -1.90. The molecule has 1 heterocycles. The molecule has 21 heavy (non-hydrogen) atoms. The molecule has 1 aromatic heterocycles. The van der Waals surface area contributed by atoms with Gasteiger partial charge in [-0.3, -0.25) is 0 Å². The van der Waals surface area contributed by atoms with Crippen molar-refractivity contribution in [2.45, 2.75) is 6.42 Å². The van der Waals surface area contributed by atoms with Crippen LogP contribution >= 0.6 is 34.8 Å². The fourth-order valence-electron chi connectivity index (χ4n) is 2.09. The van der Waals surface area contributed by atoms with Crippen molar-refractivity contribution >= 4 is 34.8 Å². The smallest absolute Gasteiger partial charge is 0.110 e. The van der Waals surface area contributed by atoms with Crippen LogP contribution in [0.25, 0.3) is 11.3 Å². The van der Waals surface area contributed by atoms with Crippen molar-refractivity contribution < 1.29 is 0 Å². The van der Waals surface area contributed by atoms with Gasteiger partial charge in [0.2, 0.25) is 0 Å². The molecular weight excluding hydrogens is 327 g/mol. The van der Waals surface area contributed by atoms with E-state index in [1.54, 1.807) is 18.3 Å². The summed E-state index contributed by atoms with van der Waals surface area (Å²) in [6.45, 7) is 0. The lowest BCUT2D eigenvalue weighted by Gasteiger charge is -2.02. The highest BCUT2D eigenvalue weighted by Crippen LogP contribution is 2.29. The average molecular weight is 338 g/mol. The van der Waals surface area contributed by atoms with E-state index in [0.717, 1.165) is 27.7 Å². The minimum atomic E-state index is 0.640. The summed E-state index contributed by atoms with van der Waals surface area (Å²) >= 11 is 18.1. The zero-order valence-electron chi connectivity index (χ0n) is 10.9. The number of benzene rings is 2. The number of aromatic nitrogens is 2. The highest BCUT2D eigenvalue weighted by molar-refractivity contribution is 6.35. The van der Waals surface area contributed by atoms with Gasteiger partial charge in [0.15, 0.2) is 0 Å². The van der Waals surface area contributed by atoms with Crippen molar-refractivity contribution in [3.8, 4) is 11.3 Å². The molecule has 0 saturated heterocycles. The fourth-order valence-corrected chi connectivity index (χ4v) is 2.61. The molecule has 0 aliphatic heterocycles. The van der Waals surface area contributed by atoms with E-state index in [1.807, 2.05) is 30.3 Å². The molecule has 2 nitrogen and oxygen atoms in total. The summed E-state index contributed by atoms with van der Waals surface area (Å²) in [6, 6.07) is 13.1. The number of hydrogen-bond donors (Lipinski definition) is 1. The minimum absolute atomic E-state index is 0.640. The maximum absolute atomic E-state index is 6.20. The number of nitrogens with zero attached hydrogens (tertiary/aromatic N) is 1. The topological polar surface area (TPSA) is 28.7 Å². The Labute approximate surface area is 137 Å². The molecular formula is C16H11Cl3N2. The second-order valence-electron chi connectivity index (χ2n) is 4.67. The van der Waals surface area contributed by atoms with E-state index in [1.165, 1.54) is 0 Å². The largest absolute Gasteiger partial charge is 0.342 e. The lowest BCUT2D eigenvalue weighted by molar-refractivity contribution is 1.03. The van der Waals surface area contributed by atoms with Crippen LogP contribution in [0.3, 0.4) is 0 Å². The normalized spacial score (nSPS) is 10.8. The quantitative estimate of drug-likeness (QED) is 0.659. The third kappa shape index (κ3) is 3.41. The molecule has 5 heteroatoms. The summed E-state index contributed by atoms with van der Waals surface area (Å²) in [4.78, 5) is 7.66. The number of hydrogen-bond acceptors (Lipinski definition) is 1. The Balaban J connectivity index is 1.86. The molecule has 2 aromatic carbocycles. The molecule has 0 aliphatic rings. The van der Waals surface area contributed by atoms with Gasteiger partial charge in [0, 0.05) is 22.0 Å². The van der Waals surface area contributed by atoms with Crippen LogP contribution in [0.5, 0.6) is 0 Å². The van der Waals surface area contributed by atoms with Crippen molar-refractivity contribution in [3.05, 3.63) is 75.1 Å². The number of aromatic amines is 1. The first-order chi connectivity index (χ1) is 10.1. The van der Waals surface area contributed by atoms with Crippen LogP contribution in [0.1, 0.15) is 11.4 Å². The van der Waals surface area contributed by atoms with Crippen molar-refractivity contribution in [2.24, 2.45) is 0 Å². The van der Waals surface area contributed by atoms with Gasteiger partial charge in [0.1, 0.15) is 5.82 Å². The SMILES string of the molecule is Clc1ccc(Cc2ncc(-c3cc(Cl)ccc3Cl)[nH]2)cc1. The second-order valence-corrected chi connectivity index (χ2v) is 5.95. The maximum atomic E-state index is 6.20. The van der Waals surface area contributed by atoms with Gasteiger partial charge >= 0.3 is 0 Å². The van der Waals surface area contributed by atoms with E-state index in [4.69, 9.17) is 34.8 Å². The summed E-state index contributed by atoms with van der Waals surface area (Å²) in [5.41, 5.74) is 2.84. The molecule has 3 rings (SSSR count). The molecule has 0 spiro atoms. The van der Waals surface area contributed by atoms with E-state index >= 15 is 0 Å². The molecule has 0 saturated carbocycles. The van der Waals surface area contributed by atoms with Crippen molar-refractivity contribution in [3.63, 3.8) is 0 Å². The van der Waals surface area contributed by atoms with E-state index in [2.05, 4.69) is 9.97 Å². The van der Waals surface area contributed by atoms with Crippen LogP contribution in [0, 0.1) is 0 Å². The predicted molar refractivity (Wildman–Crippen MR) is 88.3 cm³/mol. The highest BCUT2D eigenvalue weighted by Gasteiger charge is 2.08. The van der Waals surface area contributed by atoms with E-state index in [0.29, 0.717) is 16.5 Å². The molecule has 0 unspecified atom stereocenters. The summed E-state index contributed by atoms with van der Waals surface area (Å²) in [5, 5.41) is 2.01. The minimum Gasteiger partial charge on any atom is -0.342 e. The van der Waals surface area contributed by atoms with Gasteiger partial charge in [-0.15, -0.1) is 0 Å². The zero-order chi connectivity index (χ0) is 14.8. The first-order valence-electron chi connectivity index (χ1n) is 6.35. The van der Waals surface area contributed by atoms with Gasteiger partial charge in [-0.2, -0.15) is 0 Å². The molecule has 1 N–H and O–H groups in total. The summed E-state index contributed by atoms with van der Waals surface area (Å²) in [5.74, 6) is 0.864. The van der Waals surface area contributed by atoms with Crippen LogP contribution in [-0.2, 0) is 6.42 Å². The molecule has 3 aromatic rings. The molecule has 0 radical (unpaired) electrons. The number of H-pyrrole nitrogens is 1. The Hall–Kier alpha value is -1.48. The van der Waals surface area contributed by atoms with Crippen molar-refractivity contribution in [2.75, 3.05) is 0 Å². The molecule has 0 amide bonds. The van der Waals surface area contributed by atoms with Crippen LogP contribution in [0.2, 0.25) is 15.1 Å². The summed E-state index contributed by atoms with van der Waals surface area (Å²) in [6.07, 6.45) is 2.47. The summed E-state index contributed by atoms with van der Waals surface area (Å²) in [7, 11) is 0. The van der Waals surface area contributed by atoms with E-state index < -0.39 is 0 Å². The number of rotatable bonds is 3. The average Bonchev–Trinajstić information content (AvgIpc) is 2.92. The van der Waals surface area contributed by atoms with Crippen molar-refractivity contribution in [1.29, 1.82) is 0 Å². The molecule has 0 aliphatic carbocycles. The first kappa shape index (κ1) is 14.5. The Morgan fingerprint density at radius 2 is 1.62 bits per heavy atom. The Kier molecular flexibility index (Phi) is 4.20. The van der Waals surface area contributed by atoms with Gasteiger partial charge < -0.3 is 4.98 Å².